The first-order valence-electron chi connectivity index (χ1n) is 10.0. The molecule has 6 heteroatoms. The molecule has 0 saturated carbocycles. The zero-order chi connectivity index (χ0) is 20.8. The second kappa shape index (κ2) is 9.76. The molecular weight excluding hydrogens is 366 g/mol. The number of nitrogens with one attached hydrogen (secondary N) is 1. The highest BCUT2D eigenvalue weighted by Crippen LogP contribution is 2.25. The van der Waals surface area contributed by atoms with Crippen molar-refractivity contribution in [3.8, 4) is 5.75 Å². The number of rotatable bonds is 6. The molecular formula is C23H31N3O3. The Hall–Kier alpha value is -2.57. The molecule has 0 bridgehead atoms. The van der Waals surface area contributed by atoms with E-state index in [-0.39, 0.29) is 24.3 Å². The molecule has 156 valence electrons. The van der Waals surface area contributed by atoms with Crippen molar-refractivity contribution in [2.24, 2.45) is 0 Å². The molecule has 2 aromatic rings. The van der Waals surface area contributed by atoms with Crippen LogP contribution in [0.15, 0.2) is 54.6 Å². The van der Waals surface area contributed by atoms with E-state index in [1.165, 1.54) is 0 Å². The molecule has 1 heterocycles. The summed E-state index contributed by atoms with van der Waals surface area (Å²) in [7, 11) is 5.69. The summed E-state index contributed by atoms with van der Waals surface area (Å²) in [6.07, 6.45) is -0.108. The number of hydrogen-bond donors (Lipinski definition) is 1. The van der Waals surface area contributed by atoms with Gasteiger partial charge in [0.2, 0.25) is 0 Å². The summed E-state index contributed by atoms with van der Waals surface area (Å²) in [5.74, 6) is 0.824. The normalized spacial score (nSPS) is 20.4. The van der Waals surface area contributed by atoms with Gasteiger partial charge in [0.1, 0.15) is 11.9 Å². The predicted molar refractivity (Wildman–Crippen MR) is 114 cm³/mol. The van der Waals surface area contributed by atoms with Crippen LogP contribution in [0.1, 0.15) is 30.2 Å². The molecule has 1 aliphatic heterocycles. The third-order valence-corrected chi connectivity index (χ3v) is 5.29. The third-order valence-electron chi connectivity index (χ3n) is 5.29. The average molecular weight is 398 g/mol. The summed E-state index contributed by atoms with van der Waals surface area (Å²) in [6, 6.07) is 18.1. The first-order chi connectivity index (χ1) is 14.0. The van der Waals surface area contributed by atoms with E-state index in [0.29, 0.717) is 19.6 Å². The number of carbonyl (C=O) groups excluding carboxylic acids is 1. The van der Waals surface area contributed by atoms with Gasteiger partial charge in [0.25, 0.3) is 0 Å². The molecule has 2 aromatic carbocycles. The molecule has 0 spiro atoms. The number of amides is 2. The van der Waals surface area contributed by atoms with Crippen LogP contribution in [0.2, 0.25) is 0 Å². The van der Waals surface area contributed by atoms with Crippen LogP contribution >= 0.6 is 0 Å². The van der Waals surface area contributed by atoms with Gasteiger partial charge in [-0.3, -0.25) is 0 Å². The molecule has 0 aromatic heterocycles. The molecule has 3 rings (SSSR count). The third kappa shape index (κ3) is 5.49. The smallest absolute Gasteiger partial charge is 0.317 e. The number of nitrogens with zero attached hydrogens (tertiary/aromatic N) is 2. The van der Waals surface area contributed by atoms with Gasteiger partial charge in [0.05, 0.1) is 25.8 Å². The summed E-state index contributed by atoms with van der Waals surface area (Å²) >= 11 is 0. The Morgan fingerprint density at radius 1 is 1.17 bits per heavy atom. The first-order valence-corrected chi connectivity index (χ1v) is 10.0. The molecule has 6 nitrogen and oxygen atoms in total. The van der Waals surface area contributed by atoms with Gasteiger partial charge in [-0.2, -0.15) is 0 Å². The van der Waals surface area contributed by atoms with Gasteiger partial charge >= 0.3 is 6.03 Å². The van der Waals surface area contributed by atoms with Crippen molar-refractivity contribution in [3.05, 3.63) is 65.7 Å². The molecule has 0 aliphatic carbocycles. The van der Waals surface area contributed by atoms with E-state index < -0.39 is 0 Å². The predicted octanol–water partition coefficient (Wildman–Crippen LogP) is 3.47. The van der Waals surface area contributed by atoms with E-state index in [0.717, 1.165) is 16.9 Å². The van der Waals surface area contributed by atoms with Crippen molar-refractivity contribution < 1.29 is 14.3 Å². The molecule has 1 saturated heterocycles. The Balaban J connectivity index is 1.63. The highest BCUT2D eigenvalue weighted by molar-refractivity contribution is 5.74. The molecule has 3 atom stereocenters. The lowest BCUT2D eigenvalue weighted by atomic mass is 10.1. The summed E-state index contributed by atoms with van der Waals surface area (Å²) in [6.45, 7) is 3.68. The summed E-state index contributed by atoms with van der Waals surface area (Å²) in [5, 5.41) is 3.11. The number of carbonyl (C=O) groups is 1. The van der Waals surface area contributed by atoms with Gasteiger partial charge in [0, 0.05) is 13.1 Å². The van der Waals surface area contributed by atoms with Gasteiger partial charge in [0.15, 0.2) is 0 Å². The zero-order valence-corrected chi connectivity index (χ0v) is 17.7. The van der Waals surface area contributed by atoms with Gasteiger partial charge in [-0.1, -0.05) is 42.5 Å². The number of benzene rings is 2. The van der Waals surface area contributed by atoms with Crippen molar-refractivity contribution in [1.29, 1.82) is 0 Å². The van der Waals surface area contributed by atoms with Gasteiger partial charge < -0.3 is 24.6 Å². The van der Waals surface area contributed by atoms with Crippen molar-refractivity contribution >= 4 is 6.03 Å². The quantitative estimate of drug-likeness (QED) is 0.811. The van der Waals surface area contributed by atoms with Crippen LogP contribution in [-0.4, -0.2) is 62.8 Å². The van der Waals surface area contributed by atoms with E-state index in [4.69, 9.17) is 9.47 Å². The molecule has 1 aliphatic rings. The number of morpholine rings is 1. The summed E-state index contributed by atoms with van der Waals surface area (Å²) in [5.41, 5.74) is 2.23. The van der Waals surface area contributed by atoms with Crippen LogP contribution in [0.5, 0.6) is 5.75 Å². The molecule has 0 radical (unpaired) electrons. The number of ether oxygens (including phenoxy) is 2. The Morgan fingerprint density at radius 2 is 1.86 bits per heavy atom. The van der Waals surface area contributed by atoms with E-state index in [9.17, 15) is 4.79 Å². The van der Waals surface area contributed by atoms with Crippen LogP contribution in [0.3, 0.4) is 0 Å². The highest BCUT2D eigenvalue weighted by atomic mass is 16.5. The van der Waals surface area contributed by atoms with Crippen LogP contribution in [0.4, 0.5) is 4.79 Å². The van der Waals surface area contributed by atoms with Gasteiger partial charge in [-0.25, -0.2) is 4.79 Å². The molecule has 2 amide bonds. The lowest BCUT2D eigenvalue weighted by molar-refractivity contribution is -0.0657. The summed E-state index contributed by atoms with van der Waals surface area (Å²) in [4.78, 5) is 16.9. The van der Waals surface area contributed by atoms with Gasteiger partial charge in [-0.15, -0.1) is 0 Å². The highest BCUT2D eigenvalue weighted by Gasteiger charge is 2.29. The topological polar surface area (TPSA) is 54.0 Å². The Bertz CT molecular complexity index is 780. The summed E-state index contributed by atoms with van der Waals surface area (Å²) < 4.78 is 11.3. The van der Waals surface area contributed by atoms with Crippen molar-refractivity contribution in [2.45, 2.75) is 25.2 Å². The maximum atomic E-state index is 12.9. The van der Waals surface area contributed by atoms with Crippen LogP contribution in [-0.2, 0) is 4.74 Å². The Morgan fingerprint density at radius 3 is 2.48 bits per heavy atom. The largest absolute Gasteiger partial charge is 0.497 e. The maximum Gasteiger partial charge on any atom is 0.317 e. The lowest BCUT2D eigenvalue weighted by Crippen LogP contribution is -2.51. The number of methoxy groups -OCH3 is 1. The lowest BCUT2D eigenvalue weighted by Gasteiger charge is -2.37. The van der Waals surface area contributed by atoms with Crippen LogP contribution in [0.25, 0.3) is 0 Å². The zero-order valence-electron chi connectivity index (χ0n) is 17.7. The van der Waals surface area contributed by atoms with Gasteiger partial charge in [-0.05, 0) is 44.3 Å². The van der Waals surface area contributed by atoms with E-state index in [2.05, 4.69) is 10.2 Å². The first kappa shape index (κ1) is 21.1. The maximum absolute atomic E-state index is 12.9. The minimum absolute atomic E-state index is 0.00839. The molecule has 3 unspecified atom stereocenters. The fraction of sp³-hybridized carbons (Fsp3) is 0.435. The fourth-order valence-corrected chi connectivity index (χ4v) is 3.69. The molecule has 1 N–H and O–H groups in total. The number of likely N-dealkylation sites (N-methyl/N-ethyl adjacent to an activating group) is 1. The van der Waals surface area contributed by atoms with Crippen LogP contribution in [0, 0.1) is 0 Å². The standard InChI is InChI=1S/C23H31N3O3/c1-17-15-26(16-22(29-17)19-8-6-5-7-9-19)23(27)24-14-21(25(2)3)18-10-12-20(28-4)13-11-18/h5-13,17,21-22H,14-16H2,1-4H3,(H,24,27). The van der Waals surface area contributed by atoms with Crippen molar-refractivity contribution in [2.75, 3.05) is 40.8 Å². The Labute approximate surface area is 173 Å². The minimum Gasteiger partial charge on any atom is -0.497 e. The molecule has 1 fully saturated rings. The second-order valence-electron chi connectivity index (χ2n) is 7.69. The average Bonchev–Trinajstić information content (AvgIpc) is 2.74. The fourth-order valence-electron chi connectivity index (χ4n) is 3.69. The van der Waals surface area contributed by atoms with E-state index in [1.807, 2.05) is 80.5 Å². The van der Waals surface area contributed by atoms with Crippen molar-refractivity contribution in [3.63, 3.8) is 0 Å². The molecule has 29 heavy (non-hydrogen) atoms. The number of hydrogen-bond acceptors (Lipinski definition) is 4. The Kier molecular flexibility index (Phi) is 7.12. The second-order valence-corrected chi connectivity index (χ2v) is 7.69. The van der Waals surface area contributed by atoms with Crippen LogP contribution < -0.4 is 10.1 Å². The number of urea groups is 1. The minimum atomic E-state index is -0.100. The SMILES string of the molecule is COc1ccc(C(CNC(=O)N2CC(C)OC(c3ccccc3)C2)N(C)C)cc1. The van der Waals surface area contributed by atoms with Crippen molar-refractivity contribution in [1.82, 2.24) is 15.1 Å². The van der Waals surface area contributed by atoms with E-state index in [1.54, 1.807) is 7.11 Å². The van der Waals surface area contributed by atoms with E-state index >= 15 is 0 Å². The monoisotopic (exact) mass is 397 g/mol.